The fourth-order valence-electron chi connectivity index (χ4n) is 4.98. The van der Waals surface area contributed by atoms with Crippen molar-refractivity contribution in [1.29, 1.82) is 0 Å². The Morgan fingerprint density at radius 2 is 1.83 bits per heavy atom. The largest absolute Gasteiger partial charge is 0.346 e. The molecule has 0 bridgehead atoms. The zero-order valence-corrected chi connectivity index (χ0v) is 18.0. The number of aromatic nitrogens is 4. The van der Waals surface area contributed by atoms with E-state index in [0.717, 1.165) is 67.4 Å². The zero-order chi connectivity index (χ0) is 20.6. The maximum atomic E-state index is 13.0. The lowest BCUT2D eigenvalue weighted by molar-refractivity contribution is 0.251. The van der Waals surface area contributed by atoms with Crippen molar-refractivity contribution in [2.24, 2.45) is 5.92 Å². The molecular formula is C22H29N5O2S. The van der Waals surface area contributed by atoms with Crippen molar-refractivity contribution in [3.63, 3.8) is 0 Å². The number of sulfonamides is 1. The monoisotopic (exact) mass is 427 g/mol. The second-order valence-electron chi connectivity index (χ2n) is 8.70. The highest BCUT2D eigenvalue weighted by molar-refractivity contribution is 7.89. The van der Waals surface area contributed by atoms with Crippen LogP contribution in [0.4, 0.5) is 0 Å². The summed E-state index contributed by atoms with van der Waals surface area (Å²) >= 11 is 0. The van der Waals surface area contributed by atoms with Crippen LogP contribution in [-0.4, -0.2) is 50.8 Å². The summed E-state index contributed by atoms with van der Waals surface area (Å²) in [5.74, 6) is 0.493. The summed E-state index contributed by atoms with van der Waals surface area (Å²) in [6.07, 6.45) is 12.5. The van der Waals surface area contributed by atoms with Crippen LogP contribution in [0, 0.1) is 5.92 Å². The standard InChI is InChI=1S/C22H29N5O2S/c28-30(29,19-4-2-1-3-5-19)27-12-8-17(9-13-27)16-26-11-10-21-22(26)7-6-20(25-21)18-14-23-24-15-18/h6-7,10-11,14-15,17,19H,1-5,8-9,12-13,16H2,(H,23,24). The van der Waals surface area contributed by atoms with Crippen molar-refractivity contribution in [2.45, 2.75) is 56.7 Å². The molecule has 4 heterocycles. The molecule has 0 radical (unpaired) electrons. The van der Waals surface area contributed by atoms with Gasteiger partial charge < -0.3 is 4.57 Å². The summed E-state index contributed by atoms with van der Waals surface area (Å²) in [4.78, 5) is 4.76. The van der Waals surface area contributed by atoms with Gasteiger partial charge in [0.25, 0.3) is 0 Å². The minimum absolute atomic E-state index is 0.147. The molecule has 0 atom stereocenters. The molecule has 1 aliphatic carbocycles. The summed E-state index contributed by atoms with van der Waals surface area (Å²) in [6.45, 7) is 2.23. The fourth-order valence-corrected chi connectivity index (χ4v) is 7.05. The Hall–Kier alpha value is -2.19. The van der Waals surface area contributed by atoms with Gasteiger partial charge in [-0.2, -0.15) is 5.10 Å². The first kappa shape index (κ1) is 19.8. The zero-order valence-electron chi connectivity index (χ0n) is 17.2. The predicted octanol–water partition coefficient (Wildman–Crippen LogP) is 3.80. The average molecular weight is 428 g/mol. The van der Waals surface area contributed by atoms with Gasteiger partial charge in [-0.25, -0.2) is 17.7 Å². The van der Waals surface area contributed by atoms with Crippen LogP contribution in [-0.2, 0) is 16.6 Å². The highest BCUT2D eigenvalue weighted by atomic mass is 32.2. The first-order chi connectivity index (χ1) is 14.6. The second kappa shape index (κ2) is 8.15. The Kier molecular flexibility index (Phi) is 5.37. The van der Waals surface area contributed by atoms with Crippen molar-refractivity contribution in [3.8, 4) is 11.3 Å². The maximum absolute atomic E-state index is 13.0. The third kappa shape index (κ3) is 3.78. The Morgan fingerprint density at radius 3 is 2.57 bits per heavy atom. The summed E-state index contributed by atoms with van der Waals surface area (Å²) in [5.41, 5.74) is 4.00. The van der Waals surface area contributed by atoms with Gasteiger partial charge in [-0.05, 0) is 49.8 Å². The van der Waals surface area contributed by atoms with Crippen LogP contribution in [0.5, 0.6) is 0 Å². The molecular weight excluding hydrogens is 398 g/mol. The topological polar surface area (TPSA) is 83.9 Å². The van der Waals surface area contributed by atoms with Gasteiger partial charge in [-0.3, -0.25) is 5.10 Å². The minimum Gasteiger partial charge on any atom is -0.346 e. The highest BCUT2D eigenvalue weighted by Crippen LogP contribution is 2.30. The van der Waals surface area contributed by atoms with E-state index in [2.05, 4.69) is 33.1 Å². The number of aromatic amines is 1. The van der Waals surface area contributed by atoms with Crippen LogP contribution in [0.25, 0.3) is 22.3 Å². The van der Waals surface area contributed by atoms with Gasteiger partial charge in [0, 0.05) is 37.6 Å². The van der Waals surface area contributed by atoms with Gasteiger partial charge in [0.15, 0.2) is 0 Å². The molecule has 7 nitrogen and oxygen atoms in total. The van der Waals surface area contributed by atoms with Crippen LogP contribution in [0.1, 0.15) is 44.9 Å². The summed E-state index contributed by atoms with van der Waals surface area (Å²) in [6, 6.07) is 6.21. The molecule has 160 valence electrons. The Balaban J connectivity index is 1.24. The van der Waals surface area contributed by atoms with Crippen molar-refractivity contribution < 1.29 is 8.42 Å². The molecule has 1 saturated heterocycles. The van der Waals surface area contributed by atoms with E-state index in [9.17, 15) is 8.42 Å². The average Bonchev–Trinajstić information content (AvgIpc) is 3.45. The van der Waals surface area contributed by atoms with Crippen molar-refractivity contribution in [2.75, 3.05) is 13.1 Å². The van der Waals surface area contributed by atoms with Crippen LogP contribution in [0.2, 0.25) is 0 Å². The van der Waals surface area contributed by atoms with Gasteiger partial charge in [0.2, 0.25) is 10.0 Å². The van der Waals surface area contributed by atoms with Gasteiger partial charge in [-0.1, -0.05) is 19.3 Å². The van der Waals surface area contributed by atoms with E-state index < -0.39 is 10.0 Å². The molecule has 8 heteroatoms. The van der Waals surface area contributed by atoms with Crippen LogP contribution in [0.15, 0.2) is 36.8 Å². The second-order valence-corrected chi connectivity index (χ2v) is 10.9. The highest BCUT2D eigenvalue weighted by Gasteiger charge is 2.35. The molecule has 1 saturated carbocycles. The van der Waals surface area contributed by atoms with Crippen LogP contribution >= 0.6 is 0 Å². The fraction of sp³-hybridized carbons (Fsp3) is 0.545. The summed E-state index contributed by atoms with van der Waals surface area (Å²) in [7, 11) is -3.12. The number of H-pyrrole nitrogens is 1. The normalized spacial score (nSPS) is 20.1. The maximum Gasteiger partial charge on any atom is 0.216 e. The molecule has 5 rings (SSSR count). The SMILES string of the molecule is O=S(=O)(C1CCCCC1)N1CCC(Cn2ccc3nc(-c4cn[nH]c4)ccc32)CC1. The van der Waals surface area contributed by atoms with E-state index in [-0.39, 0.29) is 5.25 Å². The molecule has 3 aromatic rings. The Morgan fingerprint density at radius 1 is 1.03 bits per heavy atom. The molecule has 0 spiro atoms. The number of fused-ring (bicyclic) bond motifs is 1. The van der Waals surface area contributed by atoms with E-state index in [1.165, 1.54) is 6.42 Å². The lowest BCUT2D eigenvalue weighted by atomic mass is 9.98. The number of rotatable bonds is 5. The van der Waals surface area contributed by atoms with Crippen LogP contribution < -0.4 is 0 Å². The van der Waals surface area contributed by atoms with Crippen molar-refractivity contribution in [3.05, 3.63) is 36.8 Å². The minimum atomic E-state index is -3.12. The summed E-state index contributed by atoms with van der Waals surface area (Å²) in [5, 5.41) is 6.68. The molecule has 30 heavy (non-hydrogen) atoms. The first-order valence-corrected chi connectivity index (χ1v) is 12.6. The number of nitrogens with one attached hydrogen (secondary N) is 1. The van der Waals surface area contributed by atoms with E-state index >= 15 is 0 Å². The van der Waals surface area contributed by atoms with Crippen molar-refractivity contribution >= 4 is 21.1 Å². The molecule has 0 amide bonds. The number of pyridine rings is 1. The Labute approximate surface area is 177 Å². The third-order valence-corrected chi connectivity index (χ3v) is 9.18. The lowest BCUT2D eigenvalue weighted by Crippen LogP contribution is -2.44. The smallest absolute Gasteiger partial charge is 0.216 e. The van der Waals surface area contributed by atoms with E-state index in [0.29, 0.717) is 19.0 Å². The molecule has 2 fully saturated rings. The van der Waals surface area contributed by atoms with E-state index in [1.54, 1.807) is 10.5 Å². The molecule has 0 aromatic carbocycles. The van der Waals surface area contributed by atoms with Crippen LogP contribution in [0.3, 0.4) is 0 Å². The van der Waals surface area contributed by atoms with Gasteiger partial charge >= 0.3 is 0 Å². The third-order valence-electron chi connectivity index (χ3n) is 6.78. The summed E-state index contributed by atoms with van der Waals surface area (Å²) < 4.78 is 30.0. The predicted molar refractivity (Wildman–Crippen MR) is 117 cm³/mol. The lowest BCUT2D eigenvalue weighted by Gasteiger charge is -2.35. The van der Waals surface area contributed by atoms with Gasteiger partial charge in [-0.15, -0.1) is 0 Å². The van der Waals surface area contributed by atoms with Gasteiger partial charge in [0.05, 0.1) is 28.2 Å². The number of hydrogen-bond donors (Lipinski definition) is 1. The van der Waals surface area contributed by atoms with Crippen molar-refractivity contribution in [1.82, 2.24) is 24.1 Å². The molecule has 1 N–H and O–H groups in total. The molecule has 2 aliphatic rings. The molecule has 1 aliphatic heterocycles. The number of hydrogen-bond acceptors (Lipinski definition) is 4. The molecule has 0 unspecified atom stereocenters. The first-order valence-electron chi connectivity index (χ1n) is 11.1. The van der Waals surface area contributed by atoms with E-state index in [4.69, 9.17) is 4.98 Å². The quantitative estimate of drug-likeness (QED) is 0.671. The van der Waals surface area contributed by atoms with Gasteiger partial charge in [0.1, 0.15) is 0 Å². The van der Waals surface area contributed by atoms with E-state index in [1.807, 2.05) is 12.3 Å². The number of nitrogens with zero attached hydrogens (tertiary/aromatic N) is 4. The number of piperidine rings is 1. The molecule has 3 aromatic heterocycles. The Bertz CT molecular complexity index is 1090.